The van der Waals surface area contributed by atoms with Crippen molar-refractivity contribution in [3.63, 3.8) is 0 Å². The smallest absolute Gasteiger partial charge is 0.289 e. The maximum absolute atomic E-state index is 12.1. The van der Waals surface area contributed by atoms with Gasteiger partial charge in [0.2, 0.25) is 0 Å². The fourth-order valence-corrected chi connectivity index (χ4v) is 3.60. The lowest BCUT2D eigenvalue weighted by atomic mass is 10.1. The molecule has 0 radical (unpaired) electrons. The molecule has 10 heteroatoms. The summed E-state index contributed by atoms with van der Waals surface area (Å²) in [5, 5.41) is 1.14. The maximum Gasteiger partial charge on any atom is 0.336 e. The highest BCUT2D eigenvalue weighted by molar-refractivity contribution is 7.84. The summed E-state index contributed by atoms with van der Waals surface area (Å²) in [6.07, 6.45) is 0.650. The summed E-state index contributed by atoms with van der Waals surface area (Å²) in [5.41, 5.74) is 1.85. The summed E-state index contributed by atoms with van der Waals surface area (Å²) in [5.74, 6) is -0.512. The van der Waals surface area contributed by atoms with Gasteiger partial charge in [0.1, 0.15) is 6.61 Å². The number of aryl methyl sites for hydroxylation is 1. The summed E-state index contributed by atoms with van der Waals surface area (Å²) >= 11 is 7.36. The zero-order chi connectivity index (χ0) is 18.6. The van der Waals surface area contributed by atoms with Gasteiger partial charge in [-0.25, -0.2) is 9.17 Å². The Morgan fingerprint density at radius 1 is 1.44 bits per heavy atom. The number of likely N-dealkylation sites (N-methyl/N-ethyl adjacent to an activating group) is 1. The molecule has 2 aromatic rings. The first-order valence-corrected chi connectivity index (χ1v) is 9.87. The fraction of sp³-hybridized carbons (Fsp3) is 0.333. The van der Waals surface area contributed by atoms with Crippen LogP contribution in [-0.4, -0.2) is 40.0 Å². The highest BCUT2D eigenvalue weighted by atomic mass is 35.5. The lowest BCUT2D eigenvalue weighted by Gasteiger charge is -2.13. The molecule has 1 aromatic carbocycles. The third-order valence-electron chi connectivity index (χ3n) is 3.38. The number of thiazole rings is 1. The van der Waals surface area contributed by atoms with Gasteiger partial charge in [-0.05, 0) is 24.6 Å². The standard InChI is InChI=1S/C15H18ClN3O4S2/c1-10-13(8-11-5-4-6-12(16)7-11)24-15(18-10)19(3)14(20)9-23-25(21,22)17-2/h4-7,17H,8-9H2,1-3H3. The van der Waals surface area contributed by atoms with Crippen molar-refractivity contribution in [1.82, 2.24) is 9.71 Å². The van der Waals surface area contributed by atoms with Gasteiger partial charge >= 0.3 is 10.3 Å². The Kier molecular flexibility index (Phi) is 6.53. The topological polar surface area (TPSA) is 88.6 Å². The average molecular weight is 404 g/mol. The number of rotatable bonds is 7. The molecule has 136 valence electrons. The van der Waals surface area contributed by atoms with Gasteiger partial charge in [0.05, 0.1) is 5.69 Å². The van der Waals surface area contributed by atoms with E-state index < -0.39 is 22.8 Å². The molecule has 1 amide bonds. The minimum absolute atomic E-state index is 0.477. The van der Waals surface area contributed by atoms with Crippen LogP contribution in [0.3, 0.4) is 0 Å². The Bertz CT molecular complexity index is 867. The van der Waals surface area contributed by atoms with E-state index in [1.807, 2.05) is 35.9 Å². The molecule has 1 N–H and O–H groups in total. The molecule has 2 rings (SSSR count). The highest BCUT2D eigenvalue weighted by Crippen LogP contribution is 2.28. The second-order valence-electron chi connectivity index (χ2n) is 5.18. The number of hydrogen-bond acceptors (Lipinski definition) is 6. The molecular weight excluding hydrogens is 386 g/mol. The van der Waals surface area contributed by atoms with Gasteiger partial charge in [0.25, 0.3) is 5.91 Å². The summed E-state index contributed by atoms with van der Waals surface area (Å²) in [6, 6.07) is 7.54. The molecule has 0 aliphatic carbocycles. The van der Waals surface area contributed by atoms with E-state index in [0.29, 0.717) is 16.6 Å². The van der Waals surface area contributed by atoms with Gasteiger partial charge < -0.3 is 0 Å². The zero-order valence-corrected chi connectivity index (χ0v) is 16.3. The monoisotopic (exact) mass is 403 g/mol. The third-order valence-corrected chi connectivity index (χ3v) is 5.78. The number of carbonyl (C=O) groups excluding carboxylic acids is 1. The maximum atomic E-state index is 12.1. The first-order chi connectivity index (χ1) is 11.7. The largest absolute Gasteiger partial charge is 0.336 e. The van der Waals surface area contributed by atoms with E-state index in [-0.39, 0.29) is 0 Å². The Morgan fingerprint density at radius 2 is 2.16 bits per heavy atom. The van der Waals surface area contributed by atoms with E-state index in [4.69, 9.17) is 11.6 Å². The van der Waals surface area contributed by atoms with Crippen molar-refractivity contribution in [2.24, 2.45) is 0 Å². The van der Waals surface area contributed by atoms with Crippen LogP contribution in [0.4, 0.5) is 5.13 Å². The molecule has 0 unspecified atom stereocenters. The van der Waals surface area contributed by atoms with Gasteiger partial charge in [0.15, 0.2) is 5.13 Å². The fourth-order valence-electron chi connectivity index (χ4n) is 1.94. The zero-order valence-electron chi connectivity index (χ0n) is 13.9. The van der Waals surface area contributed by atoms with Crippen molar-refractivity contribution in [3.8, 4) is 0 Å². The summed E-state index contributed by atoms with van der Waals surface area (Å²) in [6.45, 7) is 1.27. The minimum atomic E-state index is -3.91. The van der Waals surface area contributed by atoms with Crippen LogP contribution in [0.1, 0.15) is 16.1 Å². The molecule has 0 aliphatic rings. The van der Waals surface area contributed by atoms with Gasteiger partial charge in [0, 0.05) is 30.4 Å². The van der Waals surface area contributed by atoms with Crippen LogP contribution >= 0.6 is 22.9 Å². The Balaban J connectivity index is 2.09. The molecule has 0 saturated carbocycles. The molecule has 1 heterocycles. The number of carbonyl (C=O) groups is 1. The molecule has 0 aliphatic heterocycles. The van der Waals surface area contributed by atoms with Crippen LogP contribution in [0.25, 0.3) is 0 Å². The predicted octanol–water partition coefficient (Wildman–Crippen LogP) is 2.14. The summed E-state index contributed by atoms with van der Waals surface area (Å²) in [7, 11) is -1.17. The van der Waals surface area contributed by atoms with E-state index in [2.05, 4.69) is 9.17 Å². The van der Waals surface area contributed by atoms with Crippen molar-refractivity contribution < 1.29 is 17.4 Å². The van der Waals surface area contributed by atoms with E-state index >= 15 is 0 Å². The normalized spacial score (nSPS) is 11.5. The molecule has 0 atom stereocenters. The number of nitrogens with one attached hydrogen (secondary N) is 1. The van der Waals surface area contributed by atoms with Crippen LogP contribution in [0.5, 0.6) is 0 Å². The van der Waals surface area contributed by atoms with Crippen LogP contribution in [0.2, 0.25) is 5.02 Å². The first-order valence-electron chi connectivity index (χ1n) is 7.27. The van der Waals surface area contributed by atoms with Gasteiger partial charge in [-0.15, -0.1) is 11.3 Å². The van der Waals surface area contributed by atoms with Crippen molar-refractivity contribution in [2.75, 3.05) is 25.6 Å². The molecule has 0 saturated heterocycles. The van der Waals surface area contributed by atoms with Crippen molar-refractivity contribution >= 4 is 44.3 Å². The molecule has 0 fully saturated rings. The van der Waals surface area contributed by atoms with Crippen molar-refractivity contribution in [1.29, 1.82) is 0 Å². The lowest BCUT2D eigenvalue weighted by molar-refractivity contribution is -0.120. The number of aromatic nitrogens is 1. The number of benzene rings is 1. The van der Waals surface area contributed by atoms with E-state index in [9.17, 15) is 13.2 Å². The van der Waals surface area contributed by atoms with E-state index in [1.165, 1.54) is 30.3 Å². The Morgan fingerprint density at radius 3 is 2.80 bits per heavy atom. The molecular formula is C15H18ClN3O4S2. The number of anilines is 1. The summed E-state index contributed by atoms with van der Waals surface area (Å²) in [4.78, 5) is 18.8. The Labute approximate surface area is 155 Å². The van der Waals surface area contributed by atoms with Crippen LogP contribution in [0, 0.1) is 6.92 Å². The van der Waals surface area contributed by atoms with Crippen LogP contribution in [0.15, 0.2) is 24.3 Å². The number of hydrogen-bond donors (Lipinski definition) is 1. The Hall–Kier alpha value is -1.52. The average Bonchev–Trinajstić information content (AvgIpc) is 2.93. The first kappa shape index (κ1) is 19.8. The van der Waals surface area contributed by atoms with E-state index in [0.717, 1.165) is 16.1 Å². The molecule has 25 heavy (non-hydrogen) atoms. The molecule has 1 aromatic heterocycles. The quantitative estimate of drug-likeness (QED) is 0.765. The van der Waals surface area contributed by atoms with Gasteiger partial charge in [-0.2, -0.15) is 13.1 Å². The number of halogens is 1. The van der Waals surface area contributed by atoms with E-state index in [1.54, 1.807) is 0 Å². The van der Waals surface area contributed by atoms with Gasteiger partial charge in [-0.3, -0.25) is 9.69 Å². The van der Waals surface area contributed by atoms with Crippen LogP contribution in [-0.2, 0) is 25.7 Å². The SMILES string of the molecule is CNS(=O)(=O)OCC(=O)N(C)c1nc(C)c(Cc2cccc(Cl)c2)s1. The second-order valence-corrected chi connectivity index (χ2v) is 8.24. The minimum Gasteiger partial charge on any atom is -0.289 e. The number of amides is 1. The van der Waals surface area contributed by atoms with Crippen molar-refractivity contribution in [2.45, 2.75) is 13.3 Å². The van der Waals surface area contributed by atoms with Gasteiger partial charge in [-0.1, -0.05) is 23.7 Å². The highest BCUT2D eigenvalue weighted by Gasteiger charge is 2.19. The predicted molar refractivity (Wildman–Crippen MR) is 98.5 cm³/mol. The summed E-state index contributed by atoms with van der Waals surface area (Å²) < 4.78 is 29.0. The third kappa shape index (κ3) is 5.48. The lowest BCUT2D eigenvalue weighted by Crippen LogP contribution is -2.33. The molecule has 0 bridgehead atoms. The molecule has 0 spiro atoms. The van der Waals surface area contributed by atoms with Crippen molar-refractivity contribution in [3.05, 3.63) is 45.4 Å². The van der Waals surface area contributed by atoms with Crippen LogP contribution < -0.4 is 9.62 Å². The second kappa shape index (κ2) is 8.24. The number of nitrogens with zero attached hydrogens (tertiary/aromatic N) is 2. The molecule has 7 nitrogen and oxygen atoms in total.